The molecule has 0 saturated carbocycles. The third-order valence-electron chi connectivity index (χ3n) is 3.87. The standard InChI is InChI=1S/C13H19N3O4/c1-7-9(8(2)15-14-7)4-12(17)16(3)11-6-20-5-10(11)13(18)19/h10-11H,4-6H2,1-3H3,(H,14,15)(H,18,19). The van der Waals surface area contributed by atoms with Crippen LogP contribution in [0.25, 0.3) is 0 Å². The number of ether oxygens (including phenoxy) is 1. The highest BCUT2D eigenvalue weighted by Gasteiger charge is 2.38. The Bertz CT molecular complexity index is 506. The van der Waals surface area contributed by atoms with Crippen molar-refractivity contribution in [3.8, 4) is 0 Å². The third kappa shape index (κ3) is 2.67. The van der Waals surface area contributed by atoms with Gasteiger partial charge in [0.05, 0.1) is 31.4 Å². The van der Waals surface area contributed by atoms with Gasteiger partial charge in [0.2, 0.25) is 5.91 Å². The SMILES string of the molecule is Cc1n[nH]c(C)c1CC(=O)N(C)C1COCC1C(=O)O. The van der Waals surface area contributed by atoms with Crippen LogP contribution in [0.5, 0.6) is 0 Å². The zero-order valence-corrected chi connectivity index (χ0v) is 11.8. The molecule has 1 amide bonds. The lowest BCUT2D eigenvalue weighted by atomic mass is 10.0. The Hall–Kier alpha value is -1.89. The molecular weight excluding hydrogens is 262 g/mol. The van der Waals surface area contributed by atoms with Gasteiger partial charge in [0.25, 0.3) is 0 Å². The van der Waals surface area contributed by atoms with E-state index in [1.165, 1.54) is 4.90 Å². The molecule has 0 spiro atoms. The van der Waals surface area contributed by atoms with Gasteiger partial charge in [-0.3, -0.25) is 14.7 Å². The van der Waals surface area contributed by atoms with Gasteiger partial charge in [-0.05, 0) is 13.8 Å². The first-order valence-corrected chi connectivity index (χ1v) is 6.48. The fraction of sp³-hybridized carbons (Fsp3) is 0.615. The Kier molecular flexibility index (Phi) is 4.08. The number of amides is 1. The van der Waals surface area contributed by atoms with Crippen LogP contribution in [0.2, 0.25) is 0 Å². The molecule has 2 N–H and O–H groups in total. The van der Waals surface area contributed by atoms with E-state index in [0.717, 1.165) is 17.0 Å². The second-order valence-corrected chi connectivity index (χ2v) is 5.14. The minimum Gasteiger partial charge on any atom is -0.481 e. The highest BCUT2D eigenvalue weighted by atomic mass is 16.5. The van der Waals surface area contributed by atoms with Crippen LogP contribution in [0.15, 0.2) is 0 Å². The van der Waals surface area contributed by atoms with E-state index in [0.29, 0.717) is 0 Å². The molecule has 1 aromatic heterocycles. The van der Waals surface area contributed by atoms with Crippen LogP contribution < -0.4 is 0 Å². The molecular formula is C13H19N3O4. The fourth-order valence-corrected chi connectivity index (χ4v) is 2.46. The number of nitrogens with one attached hydrogen (secondary N) is 1. The molecule has 2 atom stereocenters. The quantitative estimate of drug-likeness (QED) is 0.817. The molecule has 0 aliphatic carbocycles. The van der Waals surface area contributed by atoms with Crippen LogP contribution >= 0.6 is 0 Å². The van der Waals surface area contributed by atoms with Crippen LogP contribution in [-0.4, -0.2) is 58.4 Å². The van der Waals surface area contributed by atoms with E-state index < -0.39 is 17.9 Å². The van der Waals surface area contributed by atoms with Gasteiger partial charge < -0.3 is 14.7 Å². The summed E-state index contributed by atoms with van der Waals surface area (Å²) in [7, 11) is 1.63. The number of carboxylic acid groups (broad SMARTS) is 1. The molecule has 2 heterocycles. The van der Waals surface area contributed by atoms with Crippen LogP contribution in [0.4, 0.5) is 0 Å². The van der Waals surface area contributed by atoms with E-state index in [1.54, 1.807) is 7.05 Å². The van der Waals surface area contributed by atoms with Gasteiger partial charge in [-0.1, -0.05) is 0 Å². The Labute approximate surface area is 116 Å². The summed E-state index contributed by atoms with van der Waals surface area (Å²) >= 11 is 0. The van der Waals surface area contributed by atoms with Gasteiger partial charge in [-0.15, -0.1) is 0 Å². The molecule has 1 fully saturated rings. The van der Waals surface area contributed by atoms with E-state index in [-0.39, 0.29) is 25.5 Å². The second-order valence-electron chi connectivity index (χ2n) is 5.14. The Morgan fingerprint density at radius 1 is 1.45 bits per heavy atom. The third-order valence-corrected chi connectivity index (χ3v) is 3.87. The summed E-state index contributed by atoms with van der Waals surface area (Å²) in [5.41, 5.74) is 2.52. The molecule has 1 aliphatic rings. The van der Waals surface area contributed by atoms with Crippen LogP contribution in [0.1, 0.15) is 17.0 Å². The molecule has 2 rings (SSSR count). The predicted molar refractivity (Wildman–Crippen MR) is 70.3 cm³/mol. The summed E-state index contributed by atoms with van der Waals surface area (Å²) in [6, 6.07) is -0.410. The molecule has 2 unspecified atom stereocenters. The smallest absolute Gasteiger partial charge is 0.311 e. The molecule has 1 aromatic rings. The minimum absolute atomic E-state index is 0.126. The van der Waals surface area contributed by atoms with Crippen molar-refractivity contribution in [2.45, 2.75) is 26.3 Å². The number of hydrogen-bond donors (Lipinski definition) is 2. The van der Waals surface area contributed by atoms with Crippen LogP contribution in [0.3, 0.4) is 0 Å². The first-order chi connectivity index (χ1) is 9.41. The molecule has 7 heteroatoms. The fourth-order valence-electron chi connectivity index (χ4n) is 2.46. The normalized spacial score (nSPS) is 21.9. The first-order valence-electron chi connectivity index (χ1n) is 6.48. The largest absolute Gasteiger partial charge is 0.481 e. The van der Waals surface area contributed by atoms with Crippen molar-refractivity contribution in [2.24, 2.45) is 5.92 Å². The van der Waals surface area contributed by atoms with Crippen LogP contribution in [0, 0.1) is 19.8 Å². The second kappa shape index (κ2) is 5.62. The van der Waals surface area contributed by atoms with Crippen molar-refractivity contribution in [2.75, 3.05) is 20.3 Å². The lowest BCUT2D eigenvalue weighted by molar-refractivity contribution is -0.144. The number of aromatic nitrogens is 2. The maximum atomic E-state index is 12.3. The van der Waals surface area contributed by atoms with Crippen molar-refractivity contribution >= 4 is 11.9 Å². The number of nitrogens with zero attached hydrogens (tertiary/aromatic N) is 2. The Morgan fingerprint density at radius 3 is 2.70 bits per heavy atom. The zero-order valence-electron chi connectivity index (χ0n) is 11.8. The maximum absolute atomic E-state index is 12.3. The number of likely N-dealkylation sites (N-methyl/N-ethyl adjacent to an activating group) is 1. The highest BCUT2D eigenvalue weighted by Crippen LogP contribution is 2.20. The number of hydrogen-bond acceptors (Lipinski definition) is 4. The number of aryl methyl sites for hydroxylation is 2. The Morgan fingerprint density at radius 2 is 2.15 bits per heavy atom. The van der Waals surface area contributed by atoms with Gasteiger partial charge in [-0.25, -0.2) is 0 Å². The van der Waals surface area contributed by atoms with Crippen molar-refractivity contribution in [1.82, 2.24) is 15.1 Å². The van der Waals surface area contributed by atoms with Crippen molar-refractivity contribution in [1.29, 1.82) is 0 Å². The topological polar surface area (TPSA) is 95.5 Å². The summed E-state index contributed by atoms with van der Waals surface area (Å²) in [6.45, 7) is 4.12. The van der Waals surface area contributed by atoms with E-state index >= 15 is 0 Å². The van der Waals surface area contributed by atoms with E-state index in [4.69, 9.17) is 9.84 Å². The maximum Gasteiger partial charge on any atom is 0.311 e. The summed E-state index contributed by atoms with van der Waals surface area (Å²) in [4.78, 5) is 24.9. The molecule has 0 aromatic carbocycles. The van der Waals surface area contributed by atoms with Crippen molar-refractivity contribution in [3.63, 3.8) is 0 Å². The average molecular weight is 281 g/mol. The number of carbonyl (C=O) groups is 2. The summed E-state index contributed by atoms with van der Waals surface area (Å²) < 4.78 is 5.19. The predicted octanol–water partition coefficient (Wildman–Crippen LogP) is 0.127. The number of aromatic amines is 1. The van der Waals surface area contributed by atoms with Gasteiger partial charge in [0.1, 0.15) is 5.92 Å². The van der Waals surface area contributed by atoms with E-state index in [2.05, 4.69) is 10.2 Å². The van der Waals surface area contributed by atoms with E-state index in [1.807, 2.05) is 13.8 Å². The first kappa shape index (κ1) is 14.5. The number of carbonyl (C=O) groups excluding carboxylic acids is 1. The molecule has 0 radical (unpaired) electrons. The molecule has 1 aliphatic heterocycles. The minimum atomic E-state index is -0.928. The molecule has 7 nitrogen and oxygen atoms in total. The molecule has 0 bridgehead atoms. The lowest BCUT2D eigenvalue weighted by Crippen LogP contribution is -2.44. The van der Waals surface area contributed by atoms with Gasteiger partial charge >= 0.3 is 5.97 Å². The monoisotopic (exact) mass is 281 g/mol. The van der Waals surface area contributed by atoms with Gasteiger partial charge in [-0.2, -0.15) is 5.10 Å². The van der Waals surface area contributed by atoms with Gasteiger partial charge in [0.15, 0.2) is 0 Å². The Balaban J connectivity index is 2.07. The number of H-pyrrole nitrogens is 1. The van der Waals surface area contributed by atoms with Crippen molar-refractivity contribution < 1.29 is 19.4 Å². The number of aliphatic carboxylic acids is 1. The summed E-state index contributed by atoms with van der Waals surface area (Å²) in [5, 5.41) is 16.0. The summed E-state index contributed by atoms with van der Waals surface area (Å²) in [5.74, 6) is -1.71. The highest BCUT2D eigenvalue weighted by molar-refractivity contribution is 5.80. The summed E-state index contributed by atoms with van der Waals surface area (Å²) in [6.07, 6.45) is 0.216. The average Bonchev–Trinajstić information content (AvgIpc) is 2.99. The zero-order chi connectivity index (χ0) is 14.9. The lowest BCUT2D eigenvalue weighted by Gasteiger charge is -2.26. The molecule has 110 valence electrons. The van der Waals surface area contributed by atoms with Crippen molar-refractivity contribution in [3.05, 3.63) is 17.0 Å². The number of carboxylic acids is 1. The number of rotatable bonds is 4. The molecule has 20 heavy (non-hydrogen) atoms. The van der Waals surface area contributed by atoms with Crippen LogP contribution in [-0.2, 0) is 20.7 Å². The van der Waals surface area contributed by atoms with Gasteiger partial charge in [0, 0.05) is 18.3 Å². The van der Waals surface area contributed by atoms with E-state index in [9.17, 15) is 9.59 Å². The molecule has 1 saturated heterocycles.